The van der Waals surface area contributed by atoms with Crippen molar-refractivity contribution in [3.63, 3.8) is 0 Å². The molecule has 0 aliphatic rings. The number of hydrogen-bond acceptors (Lipinski definition) is 3. The monoisotopic (exact) mass is 283 g/mol. The molecule has 0 aliphatic heterocycles. The minimum Gasteiger partial charge on any atom is -0.294 e. The number of rotatable bonds is 7. The van der Waals surface area contributed by atoms with Crippen molar-refractivity contribution in [1.82, 2.24) is 4.31 Å². The average Bonchev–Trinajstić information content (AvgIpc) is 2.43. The summed E-state index contributed by atoms with van der Waals surface area (Å²) in [5, 5.41) is 0. The number of carbonyl (C=O) groups is 1. The zero-order valence-electron chi connectivity index (χ0n) is 11.7. The van der Waals surface area contributed by atoms with Crippen molar-refractivity contribution in [1.29, 1.82) is 0 Å². The zero-order valence-corrected chi connectivity index (χ0v) is 12.5. The van der Waals surface area contributed by atoms with Gasteiger partial charge in [-0.05, 0) is 18.6 Å². The second-order valence-electron chi connectivity index (χ2n) is 4.30. The molecule has 1 aromatic carbocycles. The number of hydrogen-bond donors (Lipinski definition) is 0. The normalized spacial score (nSPS) is 11.8. The second-order valence-corrected chi connectivity index (χ2v) is 6.24. The van der Waals surface area contributed by atoms with Crippen molar-refractivity contribution in [3.8, 4) is 0 Å². The van der Waals surface area contributed by atoms with Crippen LogP contribution in [0.1, 0.15) is 44.0 Å². The second kappa shape index (κ2) is 6.82. The fraction of sp³-hybridized carbons (Fsp3) is 0.500. The van der Waals surface area contributed by atoms with E-state index in [9.17, 15) is 13.2 Å². The van der Waals surface area contributed by atoms with E-state index in [4.69, 9.17) is 0 Å². The van der Waals surface area contributed by atoms with E-state index in [2.05, 4.69) is 0 Å². The molecule has 5 heteroatoms. The predicted octanol–water partition coefficient (Wildman–Crippen LogP) is 2.70. The van der Waals surface area contributed by atoms with Crippen LogP contribution in [0.3, 0.4) is 0 Å². The Kier molecular flexibility index (Phi) is 5.69. The van der Waals surface area contributed by atoms with E-state index in [1.165, 1.54) is 10.4 Å². The third-order valence-electron chi connectivity index (χ3n) is 2.94. The first-order valence-electron chi connectivity index (χ1n) is 6.60. The smallest absolute Gasteiger partial charge is 0.243 e. The van der Waals surface area contributed by atoms with Crippen LogP contribution in [-0.2, 0) is 10.0 Å². The van der Waals surface area contributed by atoms with Gasteiger partial charge in [-0.15, -0.1) is 0 Å². The molecule has 1 aromatic rings. The van der Waals surface area contributed by atoms with Crippen molar-refractivity contribution in [2.45, 2.75) is 38.5 Å². The fourth-order valence-corrected chi connectivity index (χ4v) is 3.47. The molecule has 19 heavy (non-hydrogen) atoms. The maximum atomic E-state index is 12.4. The molecule has 0 aromatic heterocycles. The van der Waals surface area contributed by atoms with Crippen molar-refractivity contribution in [2.24, 2.45) is 0 Å². The fourth-order valence-electron chi connectivity index (χ4n) is 1.88. The Bertz CT molecular complexity index is 537. The first-order chi connectivity index (χ1) is 8.97. The van der Waals surface area contributed by atoms with Crippen molar-refractivity contribution in [3.05, 3.63) is 29.8 Å². The van der Waals surface area contributed by atoms with Gasteiger partial charge in [0.05, 0.1) is 4.90 Å². The Morgan fingerprint density at radius 3 is 2.42 bits per heavy atom. The van der Waals surface area contributed by atoms with Gasteiger partial charge in [-0.25, -0.2) is 8.42 Å². The molecular weight excluding hydrogens is 262 g/mol. The highest BCUT2D eigenvalue weighted by Gasteiger charge is 2.22. The van der Waals surface area contributed by atoms with Crippen LogP contribution in [0.25, 0.3) is 0 Å². The lowest BCUT2D eigenvalue weighted by molar-refractivity contribution is 0.0988. The molecule has 0 saturated carbocycles. The molecule has 0 aliphatic carbocycles. The van der Waals surface area contributed by atoms with Crippen molar-refractivity contribution >= 4 is 15.8 Å². The quantitative estimate of drug-likeness (QED) is 0.723. The third-order valence-corrected chi connectivity index (χ3v) is 4.91. The Balaban J connectivity index is 3.17. The number of nitrogens with zero attached hydrogens (tertiary/aromatic N) is 1. The van der Waals surface area contributed by atoms with Gasteiger partial charge >= 0.3 is 0 Å². The van der Waals surface area contributed by atoms with Crippen LogP contribution < -0.4 is 0 Å². The Hall–Kier alpha value is -1.20. The Morgan fingerprint density at radius 1 is 1.21 bits per heavy atom. The van der Waals surface area contributed by atoms with Gasteiger partial charge in [0.2, 0.25) is 10.0 Å². The van der Waals surface area contributed by atoms with Crippen molar-refractivity contribution in [2.75, 3.05) is 13.1 Å². The average molecular weight is 283 g/mol. The summed E-state index contributed by atoms with van der Waals surface area (Å²) >= 11 is 0. The molecule has 0 bridgehead atoms. The molecule has 1 rings (SSSR count). The minimum absolute atomic E-state index is 0.0458. The maximum Gasteiger partial charge on any atom is 0.243 e. The van der Waals surface area contributed by atoms with Gasteiger partial charge in [0.1, 0.15) is 0 Å². The molecule has 0 N–H and O–H groups in total. The third kappa shape index (κ3) is 3.64. The summed E-state index contributed by atoms with van der Waals surface area (Å²) < 4.78 is 26.3. The van der Waals surface area contributed by atoms with Crippen LogP contribution in [0.4, 0.5) is 0 Å². The summed E-state index contributed by atoms with van der Waals surface area (Å²) in [5.41, 5.74) is 0.455. The SMILES string of the molecule is CCCN(CC)S(=O)(=O)c1cccc(C(=O)CC)c1. The van der Waals surface area contributed by atoms with Gasteiger partial charge in [0.25, 0.3) is 0 Å². The molecule has 0 fully saturated rings. The number of Topliss-reactive ketones (excluding diaryl/α,β-unsaturated/α-hetero) is 1. The highest BCUT2D eigenvalue weighted by atomic mass is 32.2. The summed E-state index contributed by atoms with van der Waals surface area (Å²) in [4.78, 5) is 11.8. The molecule has 106 valence electrons. The van der Waals surface area contributed by atoms with E-state index in [0.717, 1.165) is 6.42 Å². The van der Waals surface area contributed by atoms with Gasteiger partial charge < -0.3 is 0 Å². The lowest BCUT2D eigenvalue weighted by Gasteiger charge is -2.19. The van der Waals surface area contributed by atoms with Crippen LogP contribution in [0.5, 0.6) is 0 Å². The summed E-state index contributed by atoms with van der Waals surface area (Å²) in [7, 11) is -3.50. The summed E-state index contributed by atoms with van der Waals surface area (Å²) in [5.74, 6) is -0.0458. The van der Waals surface area contributed by atoms with Gasteiger partial charge in [-0.2, -0.15) is 4.31 Å². The predicted molar refractivity (Wildman–Crippen MR) is 75.8 cm³/mol. The topological polar surface area (TPSA) is 54.5 Å². The van der Waals surface area contributed by atoms with E-state index >= 15 is 0 Å². The Morgan fingerprint density at radius 2 is 1.89 bits per heavy atom. The summed E-state index contributed by atoms with van der Waals surface area (Å²) in [6.07, 6.45) is 1.14. The lowest BCUT2D eigenvalue weighted by atomic mass is 10.1. The Labute approximate surface area is 115 Å². The van der Waals surface area contributed by atoms with Crippen LogP contribution in [0, 0.1) is 0 Å². The number of ketones is 1. The van der Waals surface area contributed by atoms with Gasteiger partial charge in [-0.3, -0.25) is 4.79 Å². The highest BCUT2D eigenvalue weighted by Crippen LogP contribution is 2.18. The standard InChI is InChI=1S/C14H21NO3S/c1-4-10-15(6-3)19(17,18)13-9-7-8-12(11-13)14(16)5-2/h7-9,11H,4-6,10H2,1-3H3. The van der Waals surface area contributed by atoms with E-state index in [-0.39, 0.29) is 10.7 Å². The first-order valence-corrected chi connectivity index (χ1v) is 8.04. The van der Waals surface area contributed by atoms with Crippen LogP contribution in [-0.4, -0.2) is 31.6 Å². The highest BCUT2D eigenvalue weighted by molar-refractivity contribution is 7.89. The number of sulfonamides is 1. The lowest BCUT2D eigenvalue weighted by Crippen LogP contribution is -2.31. The minimum atomic E-state index is -3.50. The van der Waals surface area contributed by atoms with E-state index in [1.54, 1.807) is 25.1 Å². The molecule has 0 saturated heterocycles. The van der Waals surface area contributed by atoms with Crippen molar-refractivity contribution < 1.29 is 13.2 Å². The molecular formula is C14H21NO3S. The van der Waals surface area contributed by atoms with E-state index in [1.807, 2.05) is 13.8 Å². The molecule has 4 nitrogen and oxygen atoms in total. The van der Waals surface area contributed by atoms with Gasteiger partial charge in [0, 0.05) is 25.1 Å². The van der Waals surface area contributed by atoms with Gasteiger partial charge in [0.15, 0.2) is 5.78 Å². The zero-order chi connectivity index (χ0) is 14.5. The van der Waals surface area contributed by atoms with Gasteiger partial charge in [-0.1, -0.05) is 32.9 Å². The van der Waals surface area contributed by atoms with Crippen LogP contribution >= 0.6 is 0 Å². The molecule has 0 unspecified atom stereocenters. The largest absolute Gasteiger partial charge is 0.294 e. The number of carbonyl (C=O) groups excluding carboxylic acids is 1. The molecule has 0 radical (unpaired) electrons. The first kappa shape index (κ1) is 15.9. The number of benzene rings is 1. The summed E-state index contributed by atoms with van der Waals surface area (Å²) in [6, 6.07) is 6.29. The molecule has 0 heterocycles. The van der Waals surface area contributed by atoms with E-state index < -0.39 is 10.0 Å². The molecule has 0 atom stereocenters. The summed E-state index contributed by atoms with van der Waals surface area (Å²) in [6.45, 7) is 6.44. The molecule has 0 amide bonds. The maximum absolute atomic E-state index is 12.4. The van der Waals surface area contributed by atoms with Crippen LogP contribution in [0.15, 0.2) is 29.2 Å². The molecule has 0 spiro atoms. The van der Waals surface area contributed by atoms with E-state index in [0.29, 0.717) is 25.1 Å². The van der Waals surface area contributed by atoms with Crippen LogP contribution in [0.2, 0.25) is 0 Å².